The third kappa shape index (κ3) is 4.24. The lowest BCUT2D eigenvalue weighted by atomic mass is 9.94. The van der Waals surface area contributed by atoms with Gasteiger partial charge in [-0.1, -0.05) is 36.4 Å². The lowest BCUT2D eigenvalue weighted by molar-refractivity contribution is -0.136. The van der Waals surface area contributed by atoms with Gasteiger partial charge in [-0.05, 0) is 47.5 Å². The van der Waals surface area contributed by atoms with Gasteiger partial charge in [-0.3, -0.25) is 19.3 Å². The molecule has 1 amide bonds. The summed E-state index contributed by atoms with van der Waals surface area (Å²) >= 11 is 0. The molecule has 0 fully saturated rings. The molecule has 1 aliphatic rings. The van der Waals surface area contributed by atoms with E-state index in [-0.39, 0.29) is 17.8 Å². The summed E-state index contributed by atoms with van der Waals surface area (Å²) < 4.78 is 16.4. The van der Waals surface area contributed by atoms with Crippen molar-refractivity contribution in [1.29, 1.82) is 0 Å². The smallest absolute Gasteiger partial charge is 0.307 e. The number of hydrogen-bond donors (Lipinski definition) is 2. The molecule has 2 N–H and O–H groups in total. The van der Waals surface area contributed by atoms with Crippen molar-refractivity contribution >= 4 is 34.3 Å². The van der Waals surface area contributed by atoms with Gasteiger partial charge in [0.15, 0.2) is 22.9 Å². The summed E-state index contributed by atoms with van der Waals surface area (Å²) in [6.45, 7) is 0. The van der Waals surface area contributed by atoms with Gasteiger partial charge in [0.05, 0.1) is 32.3 Å². The molecule has 4 aromatic rings. The molecule has 0 saturated carbocycles. The Morgan fingerprint density at radius 3 is 2.32 bits per heavy atom. The Bertz CT molecular complexity index is 1580. The number of amides is 1. The van der Waals surface area contributed by atoms with Gasteiger partial charge in [0, 0.05) is 11.1 Å². The minimum absolute atomic E-state index is 0.0592. The Labute approximate surface area is 217 Å². The summed E-state index contributed by atoms with van der Waals surface area (Å²) in [5.74, 6) is -2.14. The van der Waals surface area contributed by atoms with E-state index < -0.39 is 29.5 Å². The van der Waals surface area contributed by atoms with E-state index in [1.165, 1.54) is 19.1 Å². The van der Waals surface area contributed by atoms with Gasteiger partial charge in [-0.2, -0.15) is 0 Å². The SMILES string of the molecule is COc1ccc(C2C(C(=O)c3cc4cccc(OC)c4o3)=C(O)C(=O)N2c2ccc(CC(=O)O)cc2)cc1. The summed E-state index contributed by atoms with van der Waals surface area (Å²) in [5.41, 5.74) is 1.70. The minimum Gasteiger partial charge on any atom is -0.503 e. The average Bonchev–Trinajstić information content (AvgIpc) is 3.47. The molecular weight excluding hydrogens is 490 g/mol. The number of para-hydroxylation sites is 1. The van der Waals surface area contributed by atoms with E-state index in [9.17, 15) is 19.5 Å². The van der Waals surface area contributed by atoms with E-state index in [1.54, 1.807) is 72.8 Å². The number of Topliss-reactive ketones (excluding diaryl/α,β-unsaturated/α-hetero) is 1. The number of carbonyl (C=O) groups excluding carboxylic acids is 2. The fourth-order valence-corrected chi connectivity index (χ4v) is 4.60. The Kier molecular flexibility index (Phi) is 6.34. The van der Waals surface area contributed by atoms with E-state index in [0.717, 1.165) is 0 Å². The maximum Gasteiger partial charge on any atom is 0.307 e. The number of carboxylic acids is 1. The quantitative estimate of drug-likeness (QED) is 0.320. The predicted octanol–water partition coefficient (Wildman–Crippen LogP) is 4.86. The van der Waals surface area contributed by atoms with Crippen LogP contribution in [0.25, 0.3) is 11.0 Å². The zero-order valence-corrected chi connectivity index (χ0v) is 20.5. The van der Waals surface area contributed by atoms with Crippen LogP contribution in [0, 0.1) is 0 Å². The first-order valence-corrected chi connectivity index (χ1v) is 11.6. The van der Waals surface area contributed by atoms with Crippen molar-refractivity contribution in [2.24, 2.45) is 0 Å². The van der Waals surface area contributed by atoms with Crippen LogP contribution in [-0.2, 0) is 16.0 Å². The number of ketones is 1. The predicted molar refractivity (Wildman–Crippen MR) is 138 cm³/mol. The Morgan fingerprint density at radius 2 is 1.68 bits per heavy atom. The van der Waals surface area contributed by atoms with E-state index in [0.29, 0.717) is 39.3 Å². The number of aliphatic hydroxyl groups is 1. The number of carboxylic acid groups (broad SMARTS) is 1. The van der Waals surface area contributed by atoms with Crippen molar-refractivity contribution in [1.82, 2.24) is 0 Å². The summed E-state index contributed by atoms with van der Waals surface area (Å²) in [7, 11) is 3.01. The largest absolute Gasteiger partial charge is 0.503 e. The van der Waals surface area contributed by atoms with E-state index in [2.05, 4.69) is 0 Å². The molecule has 0 radical (unpaired) electrons. The van der Waals surface area contributed by atoms with Gasteiger partial charge in [0.2, 0.25) is 5.78 Å². The molecular formula is C29H23NO8. The first-order valence-electron chi connectivity index (χ1n) is 11.6. The number of hydrogen-bond acceptors (Lipinski definition) is 7. The number of rotatable bonds is 8. The molecule has 0 aliphatic carbocycles. The highest BCUT2D eigenvalue weighted by Crippen LogP contribution is 2.43. The van der Waals surface area contributed by atoms with Gasteiger partial charge < -0.3 is 24.1 Å². The summed E-state index contributed by atoms with van der Waals surface area (Å²) in [4.78, 5) is 39.6. The van der Waals surface area contributed by atoms with Crippen LogP contribution >= 0.6 is 0 Å². The van der Waals surface area contributed by atoms with Crippen molar-refractivity contribution in [2.45, 2.75) is 12.5 Å². The van der Waals surface area contributed by atoms with Crippen molar-refractivity contribution in [2.75, 3.05) is 19.1 Å². The summed E-state index contributed by atoms with van der Waals surface area (Å²) in [5, 5.41) is 20.7. The Hall–Kier alpha value is -5.05. The monoisotopic (exact) mass is 513 g/mol. The number of furan rings is 1. The molecule has 0 spiro atoms. The zero-order chi connectivity index (χ0) is 27.0. The number of ether oxygens (including phenoxy) is 2. The lowest BCUT2D eigenvalue weighted by Gasteiger charge is -2.27. The summed E-state index contributed by atoms with van der Waals surface area (Å²) in [6.07, 6.45) is -0.182. The van der Waals surface area contributed by atoms with Crippen LogP contribution in [-0.4, -0.2) is 42.1 Å². The number of aliphatic hydroxyl groups excluding tert-OH is 1. The molecule has 1 aliphatic heterocycles. The number of carbonyl (C=O) groups is 3. The van der Waals surface area contributed by atoms with Crippen LogP contribution < -0.4 is 14.4 Å². The van der Waals surface area contributed by atoms with E-state index in [1.807, 2.05) is 0 Å². The molecule has 38 heavy (non-hydrogen) atoms. The van der Waals surface area contributed by atoms with E-state index in [4.69, 9.17) is 19.0 Å². The highest BCUT2D eigenvalue weighted by molar-refractivity contribution is 6.20. The van der Waals surface area contributed by atoms with Crippen LogP contribution in [0.1, 0.15) is 27.7 Å². The van der Waals surface area contributed by atoms with Crippen molar-refractivity contribution in [3.63, 3.8) is 0 Å². The number of methoxy groups -OCH3 is 2. The van der Waals surface area contributed by atoms with Crippen molar-refractivity contribution in [3.8, 4) is 11.5 Å². The Morgan fingerprint density at radius 1 is 0.974 bits per heavy atom. The second-order valence-corrected chi connectivity index (χ2v) is 8.67. The number of benzene rings is 3. The molecule has 9 heteroatoms. The molecule has 1 unspecified atom stereocenters. The van der Waals surface area contributed by atoms with Crippen LogP contribution in [0.15, 0.2) is 88.5 Å². The van der Waals surface area contributed by atoms with Crippen LogP contribution in [0.5, 0.6) is 11.5 Å². The van der Waals surface area contributed by atoms with Gasteiger partial charge >= 0.3 is 5.97 Å². The third-order valence-electron chi connectivity index (χ3n) is 6.41. The fraction of sp³-hybridized carbons (Fsp3) is 0.138. The normalized spacial score (nSPS) is 15.3. The molecule has 1 atom stereocenters. The van der Waals surface area contributed by atoms with Crippen LogP contribution in [0.3, 0.4) is 0 Å². The average molecular weight is 514 g/mol. The van der Waals surface area contributed by atoms with Gasteiger partial charge in [0.1, 0.15) is 5.75 Å². The summed E-state index contributed by atoms with van der Waals surface area (Å²) in [6, 6.07) is 18.9. The lowest BCUT2D eigenvalue weighted by Crippen LogP contribution is -2.31. The highest BCUT2D eigenvalue weighted by atomic mass is 16.5. The molecule has 0 bridgehead atoms. The second-order valence-electron chi connectivity index (χ2n) is 8.67. The molecule has 192 valence electrons. The fourth-order valence-electron chi connectivity index (χ4n) is 4.60. The van der Waals surface area contributed by atoms with Gasteiger partial charge in [0.25, 0.3) is 5.91 Å². The van der Waals surface area contributed by atoms with Crippen LogP contribution in [0.2, 0.25) is 0 Å². The maximum absolute atomic E-state index is 13.8. The number of aliphatic carboxylic acids is 1. The van der Waals surface area contributed by atoms with Gasteiger partial charge in [-0.15, -0.1) is 0 Å². The topological polar surface area (TPSA) is 127 Å². The molecule has 2 heterocycles. The minimum atomic E-state index is -0.985. The Balaban J connectivity index is 1.61. The third-order valence-corrected chi connectivity index (χ3v) is 6.41. The second kappa shape index (κ2) is 9.78. The number of anilines is 1. The molecule has 3 aromatic carbocycles. The van der Waals surface area contributed by atoms with Crippen LogP contribution in [0.4, 0.5) is 5.69 Å². The molecule has 5 rings (SSSR count). The zero-order valence-electron chi connectivity index (χ0n) is 20.5. The molecule has 9 nitrogen and oxygen atoms in total. The molecule has 1 aromatic heterocycles. The first-order chi connectivity index (χ1) is 18.3. The number of nitrogens with zero attached hydrogens (tertiary/aromatic N) is 1. The van der Waals surface area contributed by atoms with E-state index >= 15 is 0 Å². The van der Waals surface area contributed by atoms with Gasteiger partial charge in [-0.25, -0.2) is 0 Å². The highest BCUT2D eigenvalue weighted by Gasteiger charge is 2.45. The molecule has 0 saturated heterocycles. The maximum atomic E-state index is 13.8. The van der Waals surface area contributed by atoms with Crippen molar-refractivity contribution in [3.05, 3.63) is 101 Å². The first kappa shape index (κ1) is 24.6. The standard InChI is InChI=1S/C29H23NO8/c1-36-20-12-8-17(9-13-20)25-24(26(33)22-15-18-4-3-5-21(37-2)28(18)38-22)27(34)29(35)30(25)19-10-6-16(7-11-19)14-23(31)32/h3-13,15,25,34H,14H2,1-2H3,(H,31,32). The number of fused-ring (bicyclic) bond motifs is 1. The van der Waals surface area contributed by atoms with Crippen molar-refractivity contribution < 1.29 is 38.5 Å².